The molecule has 2 N–H and O–H groups in total. The minimum absolute atomic E-state index is 0.367. The Morgan fingerprint density at radius 1 is 1.50 bits per heavy atom. The maximum absolute atomic E-state index is 8.87. The Morgan fingerprint density at radius 2 is 2.33 bits per heavy atom. The summed E-state index contributed by atoms with van der Waals surface area (Å²) in [6.45, 7) is 2.66. The Balaban J connectivity index is 1.73. The van der Waals surface area contributed by atoms with Gasteiger partial charge in [-0.25, -0.2) is 0 Å². The second kappa shape index (κ2) is 3.56. The van der Waals surface area contributed by atoms with E-state index in [2.05, 4.69) is 24.0 Å². The van der Waals surface area contributed by atoms with Gasteiger partial charge in [0.25, 0.3) is 0 Å². The molecule has 12 heavy (non-hydrogen) atoms. The molecule has 2 fully saturated rings. The molecule has 2 unspecified atom stereocenters. The molecule has 1 saturated heterocycles. The quantitative estimate of drug-likeness (QED) is 0.687. The third-order valence-electron chi connectivity index (χ3n) is 2.96. The molecule has 2 aliphatic rings. The summed E-state index contributed by atoms with van der Waals surface area (Å²) in [5.74, 6) is 1.86. The van der Waals surface area contributed by atoms with E-state index in [4.69, 9.17) is 5.11 Å². The van der Waals surface area contributed by atoms with Crippen LogP contribution in [0.4, 0.5) is 0 Å². The monoisotopic (exact) mass is 187 g/mol. The molecule has 2 nitrogen and oxygen atoms in total. The Bertz CT molecular complexity index is 165. The maximum atomic E-state index is 8.87. The van der Waals surface area contributed by atoms with E-state index in [1.807, 2.05) is 0 Å². The fraction of sp³-hybridized carbons (Fsp3) is 1.00. The van der Waals surface area contributed by atoms with Gasteiger partial charge >= 0.3 is 0 Å². The van der Waals surface area contributed by atoms with Crippen LogP contribution in [0.3, 0.4) is 0 Å². The van der Waals surface area contributed by atoms with Gasteiger partial charge < -0.3 is 10.4 Å². The predicted molar refractivity (Wildman–Crippen MR) is 52.4 cm³/mol. The highest BCUT2D eigenvalue weighted by Gasteiger charge is 2.39. The van der Waals surface area contributed by atoms with Gasteiger partial charge in [-0.3, -0.25) is 0 Å². The third-order valence-corrected chi connectivity index (χ3v) is 4.29. The minimum atomic E-state index is 0.367. The van der Waals surface area contributed by atoms with Gasteiger partial charge in [0.1, 0.15) is 0 Å². The van der Waals surface area contributed by atoms with Crippen LogP contribution in [0.15, 0.2) is 0 Å². The Hall–Kier alpha value is 0.270. The summed E-state index contributed by atoms with van der Waals surface area (Å²) in [6, 6.07) is 1.33. The van der Waals surface area contributed by atoms with Gasteiger partial charge in [0.05, 0.1) is 0 Å². The lowest BCUT2D eigenvalue weighted by molar-refractivity contribution is 0.269. The van der Waals surface area contributed by atoms with Crippen LogP contribution in [0.2, 0.25) is 0 Å². The number of hydrogen-bond acceptors (Lipinski definition) is 3. The summed E-state index contributed by atoms with van der Waals surface area (Å²) in [4.78, 5) is 0. The van der Waals surface area contributed by atoms with E-state index < -0.39 is 0 Å². The number of nitrogens with one attached hydrogen (secondary N) is 1. The number of aliphatic hydroxyl groups excluding tert-OH is 1. The average Bonchev–Trinajstić information content (AvgIpc) is 2.70. The maximum Gasteiger partial charge on any atom is 0.0474 e. The van der Waals surface area contributed by atoms with Crippen LogP contribution in [-0.4, -0.2) is 34.8 Å². The first-order valence-corrected chi connectivity index (χ1v) is 5.84. The van der Waals surface area contributed by atoms with Crippen molar-refractivity contribution >= 4 is 11.8 Å². The highest BCUT2D eigenvalue weighted by atomic mass is 32.2. The molecule has 70 valence electrons. The minimum Gasteiger partial charge on any atom is -0.396 e. The molecule has 0 aromatic heterocycles. The van der Waals surface area contributed by atoms with Crippen molar-refractivity contribution < 1.29 is 5.11 Å². The molecule has 1 heterocycles. The third kappa shape index (κ3) is 1.78. The Morgan fingerprint density at radius 3 is 2.83 bits per heavy atom. The molecule has 1 aliphatic carbocycles. The SMILES string of the molecule is CC1SCCC1N[C@@H]1C[C@H]1CO. The van der Waals surface area contributed by atoms with Crippen molar-refractivity contribution in [3.05, 3.63) is 0 Å². The molecule has 0 aromatic rings. The first-order valence-electron chi connectivity index (χ1n) is 4.79. The van der Waals surface area contributed by atoms with Crippen molar-refractivity contribution in [2.75, 3.05) is 12.4 Å². The largest absolute Gasteiger partial charge is 0.396 e. The Kier molecular flexibility index (Phi) is 2.63. The molecule has 0 amide bonds. The van der Waals surface area contributed by atoms with Crippen molar-refractivity contribution in [2.24, 2.45) is 5.92 Å². The van der Waals surface area contributed by atoms with Gasteiger partial charge in [0.2, 0.25) is 0 Å². The zero-order valence-corrected chi connectivity index (χ0v) is 8.31. The molecule has 0 aromatic carbocycles. The predicted octanol–water partition coefficient (Wildman–Crippen LogP) is 0.851. The van der Waals surface area contributed by atoms with Gasteiger partial charge in [0, 0.05) is 23.9 Å². The van der Waals surface area contributed by atoms with E-state index in [1.54, 1.807) is 0 Å². The van der Waals surface area contributed by atoms with Crippen LogP contribution >= 0.6 is 11.8 Å². The van der Waals surface area contributed by atoms with Crippen molar-refractivity contribution in [3.8, 4) is 0 Å². The topological polar surface area (TPSA) is 32.3 Å². The normalized spacial score (nSPS) is 46.5. The van der Waals surface area contributed by atoms with E-state index in [0.717, 1.165) is 5.25 Å². The number of aliphatic hydroxyl groups is 1. The molecule has 1 saturated carbocycles. The molecule has 0 bridgehead atoms. The summed E-state index contributed by atoms with van der Waals surface area (Å²) in [7, 11) is 0. The van der Waals surface area contributed by atoms with Crippen LogP contribution in [0.1, 0.15) is 19.8 Å². The molecule has 3 heteroatoms. The van der Waals surface area contributed by atoms with E-state index in [-0.39, 0.29) is 0 Å². The first-order chi connectivity index (χ1) is 5.81. The lowest BCUT2D eigenvalue weighted by Crippen LogP contribution is -2.36. The molecular formula is C9H17NOS. The summed E-state index contributed by atoms with van der Waals surface area (Å²) in [5.41, 5.74) is 0. The van der Waals surface area contributed by atoms with Gasteiger partial charge in [-0.1, -0.05) is 6.92 Å². The van der Waals surface area contributed by atoms with E-state index in [1.165, 1.54) is 18.6 Å². The highest BCUT2D eigenvalue weighted by Crippen LogP contribution is 2.33. The summed E-state index contributed by atoms with van der Waals surface area (Å²) in [6.07, 6.45) is 2.49. The summed E-state index contributed by atoms with van der Waals surface area (Å²) >= 11 is 2.06. The number of rotatable bonds is 3. The second-order valence-corrected chi connectivity index (χ2v) is 5.41. The van der Waals surface area contributed by atoms with Crippen LogP contribution in [-0.2, 0) is 0 Å². The van der Waals surface area contributed by atoms with Crippen LogP contribution in [0, 0.1) is 5.92 Å². The fourth-order valence-corrected chi connectivity index (χ4v) is 3.09. The van der Waals surface area contributed by atoms with Gasteiger partial charge in [-0.15, -0.1) is 0 Å². The van der Waals surface area contributed by atoms with Crippen LogP contribution < -0.4 is 5.32 Å². The van der Waals surface area contributed by atoms with Crippen LogP contribution in [0.5, 0.6) is 0 Å². The number of thioether (sulfide) groups is 1. The number of hydrogen-bond donors (Lipinski definition) is 2. The van der Waals surface area contributed by atoms with Crippen molar-refractivity contribution in [1.29, 1.82) is 0 Å². The fourth-order valence-electron chi connectivity index (χ4n) is 1.88. The zero-order valence-electron chi connectivity index (χ0n) is 7.49. The van der Waals surface area contributed by atoms with Crippen molar-refractivity contribution in [1.82, 2.24) is 5.32 Å². The first kappa shape index (κ1) is 8.85. The molecule has 4 atom stereocenters. The van der Waals surface area contributed by atoms with Gasteiger partial charge in [-0.05, 0) is 24.5 Å². The second-order valence-electron chi connectivity index (χ2n) is 3.92. The average molecular weight is 187 g/mol. The van der Waals surface area contributed by atoms with Gasteiger partial charge in [0.15, 0.2) is 0 Å². The summed E-state index contributed by atoms with van der Waals surface area (Å²) < 4.78 is 0. The standard InChI is InChI=1S/C9H17NOS/c1-6-8(2-3-12-6)10-9-4-7(9)5-11/h6-11H,2-5H2,1H3/t6?,7-,8?,9+/m0/s1. The molecule has 0 spiro atoms. The zero-order chi connectivity index (χ0) is 8.55. The molecular weight excluding hydrogens is 170 g/mol. The van der Waals surface area contributed by atoms with Crippen molar-refractivity contribution in [3.63, 3.8) is 0 Å². The van der Waals surface area contributed by atoms with Gasteiger partial charge in [-0.2, -0.15) is 11.8 Å². The van der Waals surface area contributed by atoms with E-state index in [0.29, 0.717) is 24.6 Å². The lowest BCUT2D eigenvalue weighted by Gasteiger charge is -2.16. The smallest absolute Gasteiger partial charge is 0.0474 e. The molecule has 1 aliphatic heterocycles. The van der Waals surface area contributed by atoms with Crippen LogP contribution in [0.25, 0.3) is 0 Å². The van der Waals surface area contributed by atoms with Crippen molar-refractivity contribution in [2.45, 2.75) is 37.1 Å². The molecule has 2 rings (SSSR count). The highest BCUT2D eigenvalue weighted by molar-refractivity contribution is 8.00. The molecule has 0 radical (unpaired) electrons. The van der Waals surface area contributed by atoms with E-state index in [9.17, 15) is 0 Å². The van der Waals surface area contributed by atoms with E-state index >= 15 is 0 Å². The summed E-state index contributed by atoms with van der Waals surface area (Å²) in [5, 5.41) is 13.3. The Labute approximate surface area is 78.1 Å². The lowest BCUT2D eigenvalue weighted by atomic mass is 10.2.